The Kier molecular flexibility index (Phi) is 7.44. The van der Waals surface area contributed by atoms with Crippen molar-refractivity contribution in [2.45, 2.75) is 135 Å². The fourth-order valence-electron chi connectivity index (χ4n) is 8.06. The molecule has 226 valence electrons. The highest BCUT2D eigenvalue weighted by Gasteiger charge is 2.72. The second-order valence-electron chi connectivity index (χ2n) is 16.4. The molecule has 2 bridgehead atoms. The minimum Gasteiger partial charge on any atom is -0.481 e. The summed E-state index contributed by atoms with van der Waals surface area (Å²) in [4.78, 5) is 27.2. The Hall–Kier alpha value is -1.23. The van der Waals surface area contributed by atoms with Gasteiger partial charge in [0.15, 0.2) is 16.6 Å². The molecule has 0 unspecified atom stereocenters. The van der Waals surface area contributed by atoms with E-state index >= 15 is 0 Å². The molecule has 8 heteroatoms. The van der Waals surface area contributed by atoms with Gasteiger partial charge in [0.1, 0.15) is 5.41 Å². The van der Waals surface area contributed by atoms with Crippen LogP contribution in [0.4, 0.5) is 0 Å². The van der Waals surface area contributed by atoms with Crippen molar-refractivity contribution in [1.82, 2.24) is 0 Å². The molecule has 40 heavy (non-hydrogen) atoms. The predicted octanol–water partition coefficient (Wildman–Crippen LogP) is 7.87. The van der Waals surface area contributed by atoms with E-state index in [2.05, 4.69) is 74.3 Å². The summed E-state index contributed by atoms with van der Waals surface area (Å²) in [6, 6.07) is 0. The summed E-state index contributed by atoms with van der Waals surface area (Å²) in [5.41, 5.74) is 0.797. The minimum atomic E-state index is -2.27. The number of hydrogen-bond acceptors (Lipinski definition) is 5. The quantitative estimate of drug-likeness (QED) is 0.193. The van der Waals surface area contributed by atoms with Crippen LogP contribution in [-0.2, 0) is 23.2 Å². The third-order valence-corrected chi connectivity index (χ3v) is 21.2. The Morgan fingerprint density at radius 3 is 2.08 bits per heavy atom. The van der Waals surface area contributed by atoms with Gasteiger partial charge in [0.05, 0.1) is 24.7 Å². The third-order valence-electron chi connectivity index (χ3n) is 12.2. The number of carboxylic acid groups (broad SMARTS) is 1. The van der Waals surface area contributed by atoms with Crippen molar-refractivity contribution >= 4 is 28.6 Å². The molecule has 4 rings (SSSR count). The second-order valence-corrected chi connectivity index (χ2v) is 25.9. The van der Waals surface area contributed by atoms with Crippen LogP contribution in [0.15, 0.2) is 23.3 Å². The number of carbonyl (C=O) groups excluding carboxylic acids is 1. The molecule has 0 saturated heterocycles. The molecule has 4 aliphatic carbocycles. The van der Waals surface area contributed by atoms with Crippen molar-refractivity contribution in [3.63, 3.8) is 0 Å². The monoisotopic (exact) mass is 590 g/mol. The van der Waals surface area contributed by atoms with Crippen molar-refractivity contribution in [1.29, 1.82) is 0 Å². The number of aliphatic carboxylic acids is 1. The molecule has 0 aromatic carbocycles. The number of ether oxygens (including phenoxy) is 1. The fourth-order valence-corrected chi connectivity index (χ4v) is 11.1. The Labute approximate surface area is 244 Å². The van der Waals surface area contributed by atoms with Gasteiger partial charge < -0.3 is 18.7 Å². The Morgan fingerprint density at radius 1 is 1.00 bits per heavy atom. The number of hydrogen-bond donors (Lipinski definition) is 1. The van der Waals surface area contributed by atoms with E-state index in [4.69, 9.17) is 13.6 Å². The smallest absolute Gasteiger partial charge is 0.318 e. The summed E-state index contributed by atoms with van der Waals surface area (Å²) < 4.78 is 19.6. The average molecular weight is 591 g/mol. The number of fused-ring (bicyclic) bond motifs is 2. The first-order valence-electron chi connectivity index (χ1n) is 15.1. The average Bonchev–Trinajstić information content (AvgIpc) is 3.19. The SMILES string of the molecule is C=C1C[C@]23C[C@@]1(O[Si](C)(C)C(C)(C)C)CC[C@H]2C1=C([C@@H]3C(=O)O)[C@](C)(C(=O)OC)[C@@H](O[Si](C)(C)C(C)(C)C)CC1. The zero-order valence-electron chi connectivity index (χ0n) is 27.2. The first kappa shape index (κ1) is 31.7. The molecule has 1 spiro atoms. The molecule has 1 N–H and O–H groups in total. The van der Waals surface area contributed by atoms with E-state index in [1.165, 1.54) is 12.7 Å². The van der Waals surface area contributed by atoms with Crippen LogP contribution >= 0.6 is 0 Å². The number of allylic oxidation sites excluding steroid dienone is 1. The van der Waals surface area contributed by atoms with Gasteiger partial charge in [-0.15, -0.1) is 0 Å². The van der Waals surface area contributed by atoms with E-state index in [-0.39, 0.29) is 22.0 Å². The number of carbonyl (C=O) groups is 2. The molecule has 0 aromatic heterocycles. The highest BCUT2D eigenvalue weighted by Crippen LogP contribution is 2.73. The van der Waals surface area contributed by atoms with Crippen LogP contribution in [0.1, 0.15) is 87.0 Å². The normalized spacial score (nSPS) is 36.4. The molecule has 4 aliphatic rings. The highest BCUT2D eigenvalue weighted by molar-refractivity contribution is 6.74. The van der Waals surface area contributed by atoms with E-state index < -0.39 is 51.1 Å². The summed E-state index contributed by atoms with van der Waals surface area (Å²) >= 11 is 0. The van der Waals surface area contributed by atoms with Crippen molar-refractivity contribution in [3.8, 4) is 0 Å². The fraction of sp³-hybridized carbons (Fsp3) is 0.812. The minimum absolute atomic E-state index is 0.0335. The molecule has 0 amide bonds. The number of rotatable bonds is 6. The molecule has 0 aliphatic heterocycles. The lowest BCUT2D eigenvalue weighted by Crippen LogP contribution is -2.55. The van der Waals surface area contributed by atoms with Crippen LogP contribution in [-0.4, -0.2) is 52.5 Å². The standard InChI is InChI=1S/C32H54O6Si2/c1-20-18-31-19-32(20,38-40(12,13)29(5,6)7)17-16-22(31)21-14-15-23(37-39(10,11)28(2,3)4)30(8,27(35)36-9)24(21)25(31)26(33)34/h22-23,25H,1,14-19H2,2-13H3,(H,33,34)/t22-,23-,25+,30+,31-,32-/m0/s1. The van der Waals surface area contributed by atoms with Crippen LogP contribution in [0.25, 0.3) is 0 Å². The zero-order chi connectivity index (χ0) is 30.5. The van der Waals surface area contributed by atoms with Gasteiger partial charge in [0.25, 0.3) is 0 Å². The van der Waals surface area contributed by atoms with E-state index in [1.54, 1.807) is 0 Å². The molecular formula is C32H54O6Si2. The van der Waals surface area contributed by atoms with E-state index in [0.29, 0.717) is 19.3 Å². The van der Waals surface area contributed by atoms with Gasteiger partial charge in [-0.05, 0) is 98.8 Å². The number of carboxylic acids is 1. The maximum atomic E-state index is 13.8. The Morgan fingerprint density at radius 2 is 1.57 bits per heavy atom. The summed E-state index contributed by atoms with van der Waals surface area (Å²) in [5.74, 6) is -1.91. The summed E-state index contributed by atoms with van der Waals surface area (Å²) in [6.45, 7) is 28.7. The number of esters is 1. The van der Waals surface area contributed by atoms with Gasteiger partial charge in [0.2, 0.25) is 0 Å². The van der Waals surface area contributed by atoms with Crippen LogP contribution in [0, 0.1) is 22.7 Å². The first-order chi connectivity index (χ1) is 18.0. The van der Waals surface area contributed by atoms with Crippen molar-refractivity contribution in [3.05, 3.63) is 23.3 Å². The van der Waals surface area contributed by atoms with Gasteiger partial charge in [-0.1, -0.05) is 53.7 Å². The zero-order valence-corrected chi connectivity index (χ0v) is 29.2. The topological polar surface area (TPSA) is 82.1 Å². The predicted molar refractivity (Wildman–Crippen MR) is 164 cm³/mol. The van der Waals surface area contributed by atoms with Crippen LogP contribution in [0.2, 0.25) is 36.3 Å². The maximum Gasteiger partial charge on any atom is 0.318 e. The van der Waals surface area contributed by atoms with Gasteiger partial charge >= 0.3 is 11.9 Å². The summed E-state index contributed by atoms with van der Waals surface area (Å²) in [5, 5.41) is 11.0. The van der Waals surface area contributed by atoms with Crippen LogP contribution in [0.3, 0.4) is 0 Å². The summed E-state index contributed by atoms with van der Waals surface area (Å²) in [6.07, 6.45) is 4.04. The molecule has 6 nitrogen and oxygen atoms in total. The third kappa shape index (κ3) is 4.37. The number of methoxy groups -OCH3 is 1. The van der Waals surface area contributed by atoms with Crippen molar-refractivity contribution in [2.24, 2.45) is 22.7 Å². The molecule has 0 aromatic rings. The van der Waals surface area contributed by atoms with Crippen molar-refractivity contribution in [2.75, 3.05) is 7.11 Å². The van der Waals surface area contributed by atoms with E-state index in [1.807, 2.05) is 6.92 Å². The summed E-state index contributed by atoms with van der Waals surface area (Å²) in [7, 11) is -3.01. The lowest BCUT2D eigenvalue weighted by Gasteiger charge is -2.49. The maximum absolute atomic E-state index is 13.8. The van der Waals surface area contributed by atoms with Crippen LogP contribution < -0.4 is 0 Å². The van der Waals surface area contributed by atoms with E-state index in [0.717, 1.165) is 30.4 Å². The second kappa shape index (κ2) is 9.39. The molecule has 0 radical (unpaired) electrons. The van der Waals surface area contributed by atoms with E-state index in [9.17, 15) is 14.7 Å². The van der Waals surface area contributed by atoms with Crippen molar-refractivity contribution < 1.29 is 28.3 Å². The Balaban J connectivity index is 1.84. The van der Waals surface area contributed by atoms with Gasteiger partial charge in [0, 0.05) is 5.41 Å². The van der Waals surface area contributed by atoms with Gasteiger partial charge in [-0.25, -0.2) is 0 Å². The molecule has 0 heterocycles. The Bertz CT molecular complexity index is 1140. The molecular weight excluding hydrogens is 537 g/mol. The molecule has 2 saturated carbocycles. The lowest BCUT2D eigenvalue weighted by atomic mass is 9.61. The lowest BCUT2D eigenvalue weighted by molar-refractivity contribution is -0.157. The van der Waals surface area contributed by atoms with Gasteiger partial charge in [-0.2, -0.15) is 0 Å². The highest BCUT2D eigenvalue weighted by atomic mass is 28.4. The molecule has 6 atom stereocenters. The van der Waals surface area contributed by atoms with Crippen LogP contribution in [0.5, 0.6) is 0 Å². The molecule has 2 fully saturated rings. The first-order valence-corrected chi connectivity index (χ1v) is 20.9. The largest absolute Gasteiger partial charge is 0.481 e. The van der Waals surface area contributed by atoms with Gasteiger partial charge in [-0.3, -0.25) is 9.59 Å².